The first-order valence-corrected chi connectivity index (χ1v) is 13.3. The zero-order valence-electron chi connectivity index (χ0n) is 21.4. The molecule has 0 saturated heterocycles. The van der Waals surface area contributed by atoms with Crippen LogP contribution in [0, 0.1) is 6.92 Å². The van der Waals surface area contributed by atoms with E-state index in [9.17, 15) is 4.79 Å². The Hall–Kier alpha value is -3.32. The van der Waals surface area contributed by atoms with Crippen LogP contribution in [0.4, 0.5) is 0 Å². The number of hydrogen-bond acceptors (Lipinski definition) is 5. The molecule has 2 heterocycles. The number of tetrazole rings is 1. The maximum Gasteiger partial charge on any atom is 0.252 e. The number of hydrogen-bond donors (Lipinski definition) is 1. The van der Waals surface area contributed by atoms with Crippen LogP contribution in [0.2, 0.25) is 0 Å². The fourth-order valence-electron chi connectivity index (χ4n) is 5.55. The largest absolute Gasteiger partial charge is 0.322 e. The van der Waals surface area contributed by atoms with Crippen molar-refractivity contribution in [2.24, 2.45) is 0 Å². The van der Waals surface area contributed by atoms with Crippen molar-refractivity contribution >= 4 is 10.9 Å². The molecule has 1 unspecified atom stereocenters. The van der Waals surface area contributed by atoms with Crippen molar-refractivity contribution in [2.45, 2.75) is 77.4 Å². The third kappa shape index (κ3) is 5.41. The number of fused-ring (bicyclic) bond motifs is 1. The SMILES string of the molecule is CCCC(c1nnnn1C1CCCC1)N(CCc1ccccc1)Cc1cc2cc(C)ccc2[nH]c1=O. The quantitative estimate of drug-likeness (QED) is 0.320. The van der Waals surface area contributed by atoms with E-state index in [1.165, 1.54) is 24.0 Å². The van der Waals surface area contributed by atoms with Crippen LogP contribution in [0.25, 0.3) is 10.9 Å². The molecule has 1 atom stereocenters. The van der Waals surface area contributed by atoms with Gasteiger partial charge in [-0.25, -0.2) is 4.68 Å². The summed E-state index contributed by atoms with van der Waals surface area (Å²) in [6, 6.07) is 19.2. The van der Waals surface area contributed by atoms with Gasteiger partial charge >= 0.3 is 0 Å². The number of nitrogens with zero attached hydrogens (tertiary/aromatic N) is 5. The fraction of sp³-hybridized carbons (Fsp3) is 0.448. The van der Waals surface area contributed by atoms with Gasteiger partial charge in [-0.15, -0.1) is 5.10 Å². The average molecular weight is 485 g/mol. The smallest absolute Gasteiger partial charge is 0.252 e. The number of aromatic amines is 1. The number of pyridine rings is 1. The van der Waals surface area contributed by atoms with Crippen LogP contribution in [0.15, 0.2) is 59.4 Å². The van der Waals surface area contributed by atoms with E-state index in [1.807, 2.05) is 18.2 Å². The van der Waals surface area contributed by atoms with E-state index in [4.69, 9.17) is 0 Å². The van der Waals surface area contributed by atoms with Crippen LogP contribution >= 0.6 is 0 Å². The second-order valence-corrected chi connectivity index (χ2v) is 10.1. The van der Waals surface area contributed by atoms with E-state index < -0.39 is 0 Å². The molecular formula is C29H36N6O. The Kier molecular flexibility index (Phi) is 7.56. The highest BCUT2D eigenvalue weighted by atomic mass is 16.1. The Bertz CT molecular complexity index is 1340. The fourth-order valence-corrected chi connectivity index (χ4v) is 5.55. The second-order valence-electron chi connectivity index (χ2n) is 10.1. The molecule has 4 aromatic rings. The zero-order chi connectivity index (χ0) is 24.9. The van der Waals surface area contributed by atoms with Crippen LogP contribution in [0.3, 0.4) is 0 Å². The lowest BCUT2D eigenvalue weighted by molar-refractivity contribution is 0.163. The van der Waals surface area contributed by atoms with Gasteiger partial charge in [0, 0.05) is 24.2 Å². The second kappa shape index (κ2) is 11.2. The zero-order valence-corrected chi connectivity index (χ0v) is 21.4. The van der Waals surface area contributed by atoms with E-state index in [-0.39, 0.29) is 11.6 Å². The van der Waals surface area contributed by atoms with Crippen molar-refractivity contribution in [1.29, 1.82) is 0 Å². The molecule has 1 aliphatic rings. The summed E-state index contributed by atoms with van der Waals surface area (Å²) in [5.41, 5.74) is 4.10. The van der Waals surface area contributed by atoms with E-state index in [1.54, 1.807) is 0 Å². The number of aryl methyl sites for hydroxylation is 1. The van der Waals surface area contributed by atoms with Gasteiger partial charge in [0.05, 0.1) is 12.1 Å². The Labute approximate surface area is 212 Å². The average Bonchev–Trinajstić information content (AvgIpc) is 3.58. The van der Waals surface area contributed by atoms with Gasteiger partial charge in [0.15, 0.2) is 5.82 Å². The van der Waals surface area contributed by atoms with Gasteiger partial charge in [0.2, 0.25) is 0 Å². The first kappa shape index (κ1) is 24.4. The summed E-state index contributed by atoms with van der Waals surface area (Å²) >= 11 is 0. The number of rotatable bonds is 10. The standard InChI is InChI=1S/C29H36N6O/c1-3-9-27(28-31-32-33-35(28)25-12-7-8-13-25)34(17-16-22-10-5-4-6-11-22)20-24-19-23-18-21(2)14-15-26(23)30-29(24)36/h4-6,10-11,14-15,18-19,25,27H,3,7-9,12-13,16-17,20H2,1-2H3,(H,30,36). The molecule has 188 valence electrons. The molecular weight excluding hydrogens is 448 g/mol. The van der Waals surface area contributed by atoms with Crippen LogP contribution < -0.4 is 5.56 Å². The summed E-state index contributed by atoms with van der Waals surface area (Å²) in [5.74, 6) is 0.935. The van der Waals surface area contributed by atoms with Crippen LogP contribution in [0.1, 0.15) is 80.0 Å². The third-order valence-corrected chi connectivity index (χ3v) is 7.47. The summed E-state index contributed by atoms with van der Waals surface area (Å²) in [6.45, 7) is 5.65. The highest BCUT2D eigenvalue weighted by molar-refractivity contribution is 5.79. The number of aromatic nitrogens is 5. The van der Waals surface area contributed by atoms with Crippen molar-refractivity contribution in [3.63, 3.8) is 0 Å². The summed E-state index contributed by atoms with van der Waals surface area (Å²) in [5, 5.41) is 14.2. The minimum Gasteiger partial charge on any atom is -0.322 e. The van der Waals surface area contributed by atoms with Crippen molar-refractivity contribution < 1.29 is 0 Å². The first-order chi connectivity index (χ1) is 17.6. The van der Waals surface area contributed by atoms with Gasteiger partial charge in [0.25, 0.3) is 5.56 Å². The molecule has 2 aromatic carbocycles. The minimum absolute atomic E-state index is 0.0262. The van der Waals surface area contributed by atoms with Gasteiger partial charge in [-0.1, -0.05) is 68.1 Å². The highest BCUT2D eigenvalue weighted by Crippen LogP contribution is 2.33. The molecule has 0 spiro atoms. The molecule has 0 aliphatic heterocycles. The number of H-pyrrole nitrogens is 1. The highest BCUT2D eigenvalue weighted by Gasteiger charge is 2.30. The summed E-state index contributed by atoms with van der Waals surface area (Å²) in [4.78, 5) is 18.7. The predicted molar refractivity (Wildman–Crippen MR) is 143 cm³/mol. The van der Waals surface area contributed by atoms with Gasteiger partial charge in [-0.05, 0) is 72.2 Å². The lowest BCUT2D eigenvalue weighted by atomic mass is 10.0. The Balaban J connectivity index is 1.51. The van der Waals surface area contributed by atoms with E-state index >= 15 is 0 Å². The molecule has 1 N–H and O–H groups in total. The van der Waals surface area contributed by atoms with Gasteiger partial charge < -0.3 is 4.98 Å². The summed E-state index contributed by atoms with van der Waals surface area (Å²) in [7, 11) is 0. The Morgan fingerprint density at radius 2 is 1.92 bits per heavy atom. The molecule has 0 bridgehead atoms. The predicted octanol–water partition coefficient (Wildman–Crippen LogP) is 5.52. The molecule has 36 heavy (non-hydrogen) atoms. The third-order valence-electron chi connectivity index (χ3n) is 7.47. The molecule has 2 aromatic heterocycles. The van der Waals surface area contributed by atoms with E-state index in [2.05, 4.69) is 80.3 Å². The normalized spacial score (nSPS) is 15.2. The van der Waals surface area contributed by atoms with Crippen molar-refractivity contribution in [3.05, 3.63) is 87.5 Å². The lowest BCUT2D eigenvalue weighted by Gasteiger charge is -2.31. The molecule has 1 fully saturated rings. The lowest BCUT2D eigenvalue weighted by Crippen LogP contribution is -2.34. The topological polar surface area (TPSA) is 79.7 Å². The van der Waals surface area contributed by atoms with E-state index in [0.717, 1.165) is 60.9 Å². The van der Waals surface area contributed by atoms with Gasteiger partial charge in [0.1, 0.15) is 0 Å². The van der Waals surface area contributed by atoms with Crippen molar-refractivity contribution in [1.82, 2.24) is 30.1 Å². The van der Waals surface area contributed by atoms with Crippen LogP contribution in [-0.2, 0) is 13.0 Å². The van der Waals surface area contributed by atoms with Crippen LogP contribution in [0.5, 0.6) is 0 Å². The minimum atomic E-state index is -0.0262. The van der Waals surface area contributed by atoms with Crippen LogP contribution in [-0.4, -0.2) is 36.6 Å². The van der Waals surface area contributed by atoms with E-state index in [0.29, 0.717) is 12.6 Å². The number of nitrogens with one attached hydrogen (secondary N) is 1. The maximum atomic E-state index is 13.1. The molecule has 0 amide bonds. The van der Waals surface area contributed by atoms with Gasteiger partial charge in [-0.3, -0.25) is 9.69 Å². The molecule has 1 aliphatic carbocycles. The summed E-state index contributed by atoms with van der Waals surface area (Å²) < 4.78 is 2.08. The molecule has 7 heteroatoms. The van der Waals surface area contributed by atoms with Crippen molar-refractivity contribution in [2.75, 3.05) is 6.54 Å². The maximum absolute atomic E-state index is 13.1. The Morgan fingerprint density at radius 3 is 2.69 bits per heavy atom. The first-order valence-electron chi connectivity index (χ1n) is 13.3. The monoisotopic (exact) mass is 484 g/mol. The molecule has 5 rings (SSSR count). The van der Waals surface area contributed by atoms with Crippen molar-refractivity contribution in [3.8, 4) is 0 Å². The van der Waals surface area contributed by atoms with Gasteiger partial charge in [-0.2, -0.15) is 0 Å². The Morgan fingerprint density at radius 1 is 1.11 bits per heavy atom. The molecule has 0 radical (unpaired) electrons. The number of benzene rings is 2. The summed E-state index contributed by atoms with van der Waals surface area (Å²) in [6.07, 6.45) is 7.56. The molecule has 1 saturated carbocycles. The molecule has 7 nitrogen and oxygen atoms in total.